The lowest BCUT2D eigenvalue weighted by molar-refractivity contribution is -0.137. The van der Waals surface area contributed by atoms with Crippen molar-refractivity contribution >= 4 is 68.0 Å². The van der Waals surface area contributed by atoms with Gasteiger partial charge in [-0.3, -0.25) is 4.79 Å². The number of alkyl halides is 3. The molecule has 0 unspecified atom stereocenters. The molecule has 0 radical (unpaired) electrons. The molecule has 0 saturated carbocycles. The number of carbonyl (C=O) groups is 1. The third kappa shape index (κ3) is 7.03. The van der Waals surface area contributed by atoms with Gasteiger partial charge >= 0.3 is 6.18 Å². The monoisotopic (exact) mass is 584 g/mol. The lowest BCUT2D eigenvalue weighted by Crippen LogP contribution is -2.37. The summed E-state index contributed by atoms with van der Waals surface area (Å²) in [5, 5.41) is 2.53. The normalized spacial score (nSPS) is 12.1. The van der Waals surface area contributed by atoms with Gasteiger partial charge in [0.1, 0.15) is 0 Å². The van der Waals surface area contributed by atoms with Crippen LogP contribution in [-0.4, -0.2) is 25.2 Å². The summed E-state index contributed by atoms with van der Waals surface area (Å²) in [5.74, 6) is -0.886. The van der Waals surface area contributed by atoms with E-state index in [9.17, 15) is 26.4 Å². The topological polar surface area (TPSA) is 66.5 Å². The highest BCUT2D eigenvalue weighted by Gasteiger charge is 2.34. The smallest absolute Gasteiger partial charge is 0.325 e. The van der Waals surface area contributed by atoms with Crippen LogP contribution in [0.25, 0.3) is 0 Å². The summed E-state index contributed by atoms with van der Waals surface area (Å²) in [7, 11) is -4.25. The summed E-state index contributed by atoms with van der Waals surface area (Å²) in [6.07, 6.45) is -4.74. The van der Waals surface area contributed by atoms with E-state index < -0.39 is 39.2 Å². The predicted octanol–water partition coefficient (Wildman–Crippen LogP) is 7.15. The van der Waals surface area contributed by atoms with E-state index in [0.717, 1.165) is 10.4 Å². The largest absolute Gasteiger partial charge is 0.417 e. The molecule has 5 nitrogen and oxygen atoms in total. The zero-order chi connectivity index (χ0) is 26.0. The first-order valence-electron chi connectivity index (χ1n) is 9.63. The number of sulfonamides is 1. The van der Waals surface area contributed by atoms with E-state index in [1.165, 1.54) is 48.5 Å². The van der Waals surface area contributed by atoms with Crippen molar-refractivity contribution in [2.75, 3.05) is 11.9 Å². The van der Waals surface area contributed by atoms with Gasteiger partial charge in [-0.1, -0.05) is 52.5 Å². The number of nitrogens with zero attached hydrogens (tertiary/aromatic N) is 1. The minimum atomic E-state index is -4.74. The maximum absolute atomic E-state index is 13.3. The number of nitrogens with one attached hydrogen (secondary N) is 1. The van der Waals surface area contributed by atoms with Crippen molar-refractivity contribution in [2.24, 2.45) is 0 Å². The predicted molar refractivity (Wildman–Crippen MR) is 131 cm³/mol. The molecule has 1 amide bonds. The summed E-state index contributed by atoms with van der Waals surface area (Å²) in [4.78, 5) is 12.6. The molecule has 0 aliphatic rings. The van der Waals surface area contributed by atoms with Crippen molar-refractivity contribution in [3.8, 4) is 0 Å². The molecule has 3 aromatic carbocycles. The van der Waals surface area contributed by atoms with Crippen LogP contribution in [0.2, 0.25) is 20.1 Å². The first-order valence-corrected chi connectivity index (χ1v) is 12.6. The van der Waals surface area contributed by atoms with Crippen LogP contribution in [-0.2, 0) is 27.5 Å². The van der Waals surface area contributed by atoms with Crippen molar-refractivity contribution in [2.45, 2.75) is 17.6 Å². The SMILES string of the molecule is O=C(CN(Cc1ccc(Cl)cc1Cl)S(=O)(=O)c1ccc(Cl)cc1)Nc1ccc(Cl)c(C(F)(F)F)c1. The minimum absolute atomic E-state index is 0.148. The number of hydrogen-bond donors (Lipinski definition) is 1. The van der Waals surface area contributed by atoms with Gasteiger partial charge in [0.15, 0.2) is 0 Å². The van der Waals surface area contributed by atoms with Crippen LogP contribution >= 0.6 is 46.4 Å². The molecule has 0 atom stereocenters. The van der Waals surface area contributed by atoms with Gasteiger partial charge in [0, 0.05) is 27.3 Å². The zero-order valence-corrected chi connectivity index (χ0v) is 21.3. The fourth-order valence-corrected chi connectivity index (χ4v) is 5.20. The van der Waals surface area contributed by atoms with Crippen molar-refractivity contribution in [1.82, 2.24) is 4.31 Å². The van der Waals surface area contributed by atoms with Crippen LogP contribution in [0.15, 0.2) is 65.6 Å². The van der Waals surface area contributed by atoms with Crippen LogP contribution in [0.5, 0.6) is 0 Å². The van der Waals surface area contributed by atoms with Crippen molar-refractivity contribution in [3.05, 3.63) is 91.9 Å². The molecule has 3 aromatic rings. The third-order valence-corrected chi connectivity index (χ3v) is 7.66. The van der Waals surface area contributed by atoms with Crippen molar-refractivity contribution in [3.63, 3.8) is 0 Å². The molecule has 0 heterocycles. The lowest BCUT2D eigenvalue weighted by Gasteiger charge is -2.23. The highest BCUT2D eigenvalue weighted by atomic mass is 35.5. The Kier molecular flexibility index (Phi) is 8.62. The van der Waals surface area contributed by atoms with E-state index in [-0.39, 0.29) is 22.2 Å². The second-order valence-electron chi connectivity index (χ2n) is 7.20. The standard InChI is InChI=1S/C22H15Cl4F3N2O3S/c23-14-3-6-17(7-4-14)35(33,34)31(11-13-1-2-15(24)9-20(13)26)12-21(32)30-16-5-8-19(25)18(10-16)22(27,28)29/h1-10H,11-12H2,(H,30,32). The Bertz CT molecular complexity index is 1350. The van der Waals surface area contributed by atoms with Gasteiger partial charge in [0.2, 0.25) is 15.9 Å². The molecule has 0 aromatic heterocycles. The molecule has 0 saturated heterocycles. The number of rotatable bonds is 7. The quantitative estimate of drug-likeness (QED) is 0.320. The second kappa shape index (κ2) is 10.9. The summed E-state index contributed by atoms with van der Waals surface area (Å²) in [6.45, 7) is -1.04. The fourth-order valence-electron chi connectivity index (χ4n) is 3.00. The third-order valence-electron chi connectivity index (χ3n) is 4.69. The summed E-state index contributed by atoms with van der Waals surface area (Å²) >= 11 is 23.5. The van der Waals surface area contributed by atoms with E-state index in [1.54, 1.807) is 0 Å². The first-order chi connectivity index (χ1) is 16.3. The molecule has 0 bridgehead atoms. The Morgan fingerprint density at radius 1 is 0.857 bits per heavy atom. The molecule has 0 aliphatic carbocycles. The van der Waals surface area contributed by atoms with Gasteiger partial charge in [-0.15, -0.1) is 0 Å². The second-order valence-corrected chi connectivity index (χ2v) is 10.8. The molecular weight excluding hydrogens is 571 g/mol. The summed E-state index contributed by atoms with van der Waals surface area (Å²) in [5.41, 5.74) is -0.997. The number of benzene rings is 3. The van der Waals surface area contributed by atoms with Gasteiger partial charge in [-0.2, -0.15) is 17.5 Å². The molecule has 3 rings (SSSR count). The Morgan fingerprint density at radius 2 is 1.49 bits per heavy atom. The van der Waals surface area contributed by atoms with E-state index in [4.69, 9.17) is 46.4 Å². The van der Waals surface area contributed by atoms with Gasteiger partial charge < -0.3 is 5.32 Å². The van der Waals surface area contributed by atoms with Crippen molar-refractivity contribution < 1.29 is 26.4 Å². The average molecular weight is 586 g/mol. The van der Waals surface area contributed by atoms with Crippen LogP contribution in [0.4, 0.5) is 18.9 Å². The van der Waals surface area contributed by atoms with Crippen molar-refractivity contribution in [1.29, 1.82) is 0 Å². The van der Waals surface area contributed by atoms with E-state index in [0.29, 0.717) is 21.7 Å². The van der Waals surface area contributed by atoms with Crippen LogP contribution in [0.1, 0.15) is 11.1 Å². The summed E-state index contributed by atoms with van der Waals surface area (Å²) < 4.78 is 66.9. The number of anilines is 1. The molecule has 0 aliphatic heterocycles. The van der Waals surface area contributed by atoms with Crippen LogP contribution < -0.4 is 5.32 Å². The van der Waals surface area contributed by atoms with Gasteiger partial charge in [0.05, 0.1) is 22.0 Å². The molecular formula is C22H15Cl4F3N2O3S. The molecule has 35 heavy (non-hydrogen) atoms. The number of halogens is 7. The zero-order valence-electron chi connectivity index (χ0n) is 17.4. The van der Waals surface area contributed by atoms with E-state index >= 15 is 0 Å². The van der Waals surface area contributed by atoms with Gasteiger partial charge in [-0.25, -0.2) is 8.42 Å². The Morgan fingerprint density at radius 3 is 2.09 bits per heavy atom. The van der Waals surface area contributed by atoms with Crippen LogP contribution in [0.3, 0.4) is 0 Å². The fraction of sp³-hybridized carbons (Fsp3) is 0.136. The van der Waals surface area contributed by atoms with Gasteiger partial charge in [-0.05, 0) is 60.2 Å². The Balaban J connectivity index is 1.92. The molecule has 13 heteroatoms. The molecule has 0 spiro atoms. The highest BCUT2D eigenvalue weighted by Crippen LogP contribution is 2.36. The van der Waals surface area contributed by atoms with E-state index in [1.807, 2.05) is 0 Å². The highest BCUT2D eigenvalue weighted by molar-refractivity contribution is 7.89. The maximum Gasteiger partial charge on any atom is 0.417 e. The Labute approximate surface area is 219 Å². The molecule has 186 valence electrons. The Hall–Kier alpha value is -2.01. The van der Waals surface area contributed by atoms with Crippen LogP contribution in [0, 0.1) is 0 Å². The maximum atomic E-state index is 13.3. The molecule has 0 fully saturated rings. The van der Waals surface area contributed by atoms with Gasteiger partial charge in [0.25, 0.3) is 0 Å². The number of carbonyl (C=O) groups excluding carboxylic acids is 1. The lowest BCUT2D eigenvalue weighted by atomic mass is 10.2. The van der Waals surface area contributed by atoms with E-state index in [2.05, 4.69) is 5.32 Å². The minimum Gasteiger partial charge on any atom is -0.325 e. The number of amides is 1. The average Bonchev–Trinajstić information content (AvgIpc) is 2.76. The molecule has 1 N–H and O–H groups in total. The summed E-state index contributed by atoms with van der Waals surface area (Å²) in [6, 6.07) is 12.5. The number of hydrogen-bond acceptors (Lipinski definition) is 3. The first kappa shape index (κ1) is 27.6.